The van der Waals surface area contributed by atoms with Gasteiger partial charge in [0.1, 0.15) is 12.3 Å². The minimum atomic E-state index is 0.541. The van der Waals surface area contributed by atoms with Crippen LogP contribution in [-0.2, 0) is 4.84 Å². The van der Waals surface area contributed by atoms with E-state index in [1.165, 1.54) is 5.56 Å². The van der Waals surface area contributed by atoms with E-state index in [0.29, 0.717) is 6.61 Å². The summed E-state index contributed by atoms with van der Waals surface area (Å²) in [4.78, 5) is 5.22. The summed E-state index contributed by atoms with van der Waals surface area (Å²) >= 11 is 0. The predicted octanol–water partition coefficient (Wildman–Crippen LogP) is 3.50. The van der Waals surface area contributed by atoms with Gasteiger partial charge in [0, 0.05) is 11.1 Å². The zero-order valence-electron chi connectivity index (χ0n) is 9.91. The summed E-state index contributed by atoms with van der Waals surface area (Å²) in [5, 5.41) is 4.13. The molecule has 0 aromatic heterocycles. The molecule has 0 amide bonds. The summed E-state index contributed by atoms with van der Waals surface area (Å²) in [7, 11) is 0. The van der Waals surface area contributed by atoms with Gasteiger partial charge in [-0.25, -0.2) is 0 Å². The molecule has 0 atom stereocenters. The number of hydrogen-bond acceptors (Lipinski definition) is 2. The molecule has 0 fully saturated rings. The molecule has 0 unspecified atom stereocenters. The fraction of sp³-hybridized carbons (Fsp3) is 0.0625. The third-order valence-corrected chi connectivity index (χ3v) is 2.87. The first-order valence-electron chi connectivity index (χ1n) is 5.95. The van der Waals surface area contributed by atoms with Crippen molar-refractivity contribution in [2.24, 2.45) is 5.16 Å². The van der Waals surface area contributed by atoms with Crippen LogP contribution in [0.1, 0.15) is 11.1 Å². The lowest BCUT2D eigenvalue weighted by atomic mass is 10.0. The van der Waals surface area contributed by atoms with E-state index in [1.54, 1.807) is 0 Å². The number of nitrogens with zero attached hydrogens (tertiary/aromatic N) is 1. The van der Waals surface area contributed by atoms with Crippen LogP contribution in [0.15, 0.2) is 71.4 Å². The molecule has 0 spiro atoms. The van der Waals surface area contributed by atoms with Gasteiger partial charge >= 0.3 is 0 Å². The van der Waals surface area contributed by atoms with Crippen LogP contribution in [0.4, 0.5) is 0 Å². The molecule has 1 aliphatic rings. The van der Waals surface area contributed by atoms with E-state index >= 15 is 0 Å². The van der Waals surface area contributed by atoms with E-state index < -0.39 is 0 Å². The monoisotopic (exact) mass is 235 g/mol. The summed E-state index contributed by atoms with van der Waals surface area (Å²) in [6.07, 6.45) is 2.12. The van der Waals surface area contributed by atoms with Crippen molar-refractivity contribution < 1.29 is 4.84 Å². The molecule has 2 aromatic rings. The van der Waals surface area contributed by atoms with Crippen molar-refractivity contribution in [3.05, 3.63) is 77.4 Å². The van der Waals surface area contributed by atoms with E-state index in [9.17, 15) is 0 Å². The van der Waals surface area contributed by atoms with Gasteiger partial charge in [0.05, 0.1) is 0 Å². The summed E-state index contributed by atoms with van der Waals surface area (Å²) in [5.74, 6) is 0. The van der Waals surface area contributed by atoms with Gasteiger partial charge in [-0.05, 0) is 11.6 Å². The third kappa shape index (κ3) is 2.18. The van der Waals surface area contributed by atoms with Crippen molar-refractivity contribution in [3.63, 3.8) is 0 Å². The van der Waals surface area contributed by atoms with Crippen LogP contribution in [0.2, 0.25) is 0 Å². The highest BCUT2D eigenvalue weighted by molar-refractivity contribution is 6.15. The molecular formula is C16H13NO. The Balaban J connectivity index is 1.95. The van der Waals surface area contributed by atoms with Crippen molar-refractivity contribution in [2.45, 2.75) is 0 Å². The van der Waals surface area contributed by atoms with Gasteiger partial charge in [-0.3, -0.25) is 0 Å². The van der Waals surface area contributed by atoms with Gasteiger partial charge in [-0.15, -0.1) is 0 Å². The highest BCUT2D eigenvalue weighted by Crippen LogP contribution is 2.19. The first-order valence-corrected chi connectivity index (χ1v) is 5.95. The summed E-state index contributed by atoms with van der Waals surface area (Å²) in [6.45, 7) is 0.541. The maximum absolute atomic E-state index is 5.22. The second kappa shape index (κ2) is 4.88. The lowest BCUT2D eigenvalue weighted by molar-refractivity contribution is 0.187. The fourth-order valence-corrected chi connectivity index (χ4v) is 1.99. The molecule has 3 rings (SSSR count). The quantitative estimate of drug-likeness (QED) is 0.780. The van der Waals surface area contributed by atoms with E-state index in [4.69, 9.17) is 4.84 Å². The van der Waals surface area contributed by atoms with Crippen LogP contribution in [0.3, 0.4) is 0 Å². The Morgan fingerprint density at radius 2 is 1.56 bits per heavy atom. The highest BCUT2D eigenvalue weighted by atomic mass is 16.6. The molecule has 2 heteroatoms. The first-order chi connectivity index (χ1) is 8.93. The molecule has 0 saturated carbocycles. The molecule has 2 aromatic carbocycles. The zero-order valence-corrected chi connectivity index (χ0v) is 9.91. The minimum absolute atomic E-state index is 0.541. The minimum Gasteiger partial charge on any atom is -0.390 e. The normalized spacial score (nSPS) is 16.4. The van der Waals surface area contributed by atoms with Crippen LogP contribution in [0.5, 0.6) is 0 Å². The maximum atomic E-state index is 5.22. The smallest absolute Gasteiger partial charge is 0.144 e. The Labute approximate surface area is 106 Å². The van der Waals surface area contributed by atoms with Crippen LogP contribution in [-0.4, -0.2) is 12.3 Å². The SMILES string of the molecule is C(=C1CON=C1c1ccccc1)c1ccccc1. The molecule has 18 heavy (non-hydrogen) atoms. The van der Waals surface area contributed by atoms with E-state index in [2.05, 4.69) is 23.4 Å². The third-order valence-electron chi connectivity index (χ3n) is 2.87. The molecule has 1 aliphatic heterocycles. The number of oxime groups is 1. The molecule has 1 heterocycles. The summed E-state index contributed by atoms with van der Waals surface area (Å²) in [5.41, 5.74) is 4.31. The lowest BCUT2D eigenvalue weighted by Gasteiger charge is -2.01. The van der Waals surface area contributed by atoms with Gasteiger partial charge in [-0.1, -0.05) is 65.8 Å². The average Bonchev–Trinajstić information content (AvgIpc) is 2.89. The molecule has 0 saturated heterocycles. The molecule has 0 radical (unpaired) electrons. The molecule has 0 bridgehead atoms. The largest absolute Gasteiger partial charge is 0.390 e. The van der Waals surface area contributed by atoms with Gasteiger partial charge in [0.25, 0.3) is 0 Å². The lowest BCUT2D eigenvalue weighted by Crippen LogP contribution is -2.01. The van der Waals surface area contributed by atoms with Gasteiger partial charge < -0.3 is 4.84 Å². The van der Waals surface area contributed by atoms with Crippen molar-refractivity contribution in [3.8, 4) is 0 Å². The van der Waals surface area contributed by atoms with Crippen molar-refractivity contribution in [2.75, 3.05) is 6.61 Å². The second-order valence-electron chi connectivity index (χ2n) is 4.16. The van der Waals surface area contributed by atoms with E-state index in [0.717, 1.165) is 16.8 Å². The first kappa shape index (κ1) is 10.8. The Morgan fingerprint density at radius 1 is 0.889 bits per heavy atom. The summed E-state index contributed by atoms with van der Waals surface area (Å²) < 4.78 is 0. The van der Waals surface area contributed by atoms with Gasteiger partial charge in [-0.2, -0.15) is 0 Å². The van der Waals surface area contributed by atoms with Crippen LogP contribution in [0, 0.1) is 0 Å². The van der Waals surface area contributed by atoms with Crippen molar-refractivity contribution in [1.29, 1.82) is 0 Å². The molecule has 0 N–H and O–H groups in total. The molecule has 2 nitrogen and oxygen atoms in total. The van der Waals surface area contributed by atoms with Crippen LogP contribution < -0.4 is 0 Å². The van der Waals surface area contributed by atoms with E-state index in [1.807, 2.05) is 48.5 Å². The Hall–Kier alpha value is -2.35. The Morgan fingerprint density at radius 3 is 2.28 bits per heavy atom. The van der Waals surface area contributed by atoms with Crippen molar-refractivity contribution in [1.82, 2.24) is 0 Å². The molecule has 88 valence electrons. The second-order valence-corrected chi connectivity index (χ2v) is 4.16. The Kier molecular flexibility index (Phi) is 2.92. The topological polar surface area (TPSA) is 21.6 Å². The molecular weight excluding hydrogens is 222 g/mol. The van der Waals surface area contributed by atoms with Gasteiger partial charge in [0.15, 0.2) is 0 Å². The standard InChI is InChI=1S/C16H13NO/c1-3-7-13(8-4-1)11-15-12-18-17-16(15)14-9-5-2-6-10-14/h1-11H,12H2. The predicted molar refractivity (Wildman–Crippen MR) is 73.4 cm³/mol. The number of benzene rings is 2. The average molecular weight is 235 g/mol. The van der Waals surface area contributed by atoms with Crippen LogP contribution in [0.25, 0.3) is 6.08 Å². The number of hydrogen-bond donors (Lipinski definition) is 0. The summed E-state index contributed by atoms with van der Waals surface area (Å²) in [6, 6.07) is 20.3. The van der Waals surface area contributed by atoms with E-state index in [-0.39, 0.29) is 0 Å². The molecule has 0 aliphatic carbocycles. The van der Waals surface area contributed by atoms with Crippen LogP contribution >= 0.6 is 0 Å². The maximum Gasteiger partial charge on any atom is 0.144 e. The van der Waals surface area contributed by atoms with Crippen molar-refractivity contribution >= 4 is 11.8 Å². The fourth-order valence-electron chi connectivity index (χ4n) is 1.99. The zero-order chi connectivity index (χ0) is 12.2. The van der Waals surface area contributed by atoms with Gasteiger partial charge in [0.2, 0.25) is 0 Å². The number of rotatable bonds is 2. The highest BCUT2D eigenvalue weighted by Gasteiger charge is 2.16. The Bertz CT molecular complexity index is 585.